The fraction of sp³-hybridized carbons (Fsp3) is 0.444. The number of hydrogen-bond acceptors (Lipinski definition) is 2. The van der Waals surface area contributed by atoms with E-state index >= 15 is 0 Å². The zero-order valence-corrected chi connectivity index (χ0v) is 14.2. The first-order chi connectivity index (χ1) is 11.3. The molecule has 1 aliphatic heterocycles. The largest absolute Gasteiger partial charge is 0.353 e. The number of hydrogen-bond donors (Lipinski definition) is 1. The van der Waals surface area contributed by atoms with Crippen molar-refractivity contribution in [1.82, 2.24) is 19.8 Å². The standard InChI is InChI=1S/C18H22N4S/c1-21-12-6-10-15(21)17-16(14-9-4-5-11-19-14)20-18(23)22(17)13-7-2-3-8-13/h4-6,9-13,16-17H,2-3,7-8H2,1H3,(H,20,23)/t16-,17-/m1/s1. The summed E-state index contributed by atoms with van der Waals surface area (Å²) in [4.78, 5) is 7.03. The van der Waals surface area contributed by atoms with E-state index in [9.17, 15) is 0 Å². The lowest BCUT2D eigenvalue weighted by molar-refractivity contribution is 0.238. The minimum atomic E-state index is 0.109. The Morgan fingerprint density at radius 2 is 2.00 bits per heavy atom. The molecule has 0 aromatic carbocycles. The molecule has 120 valence electrons. The molecule has 4 rings (SSSR count). The minimum absolute atomic E-state index is 0.109. The van der Waals surface area contributed by atoms with Crippen LogP contribution >= 0.6 is 12.2 Å². The third kappa shape index (κ3) is 2.53. The molecule has 0 spiro atoms. The number of nitrogens with zero attached hydrogens (tertiary/aromatic N) is 3. The van der Waals surface area contributed by atoms with Crippen molar-refractivity contribution in [3.8, 4) is 0 Å². The maximum Gasteiger partial charge on any atom is 0.170 e. The van der Waals surface area contributed by atoms with Gasteiger partial charge < -0.3 is 14.8 Å². The lowest BCUT2D eigenvalue weighted by atomic mass is 10.00. The molecule has 5 heteroatoms. The molecular weight excluding hydrogens is 304 g/mol. The zero-order chi connectivity index (χ0) is 15.8. The van der Waals surface area contributed by atoms with E-state index in [-0.39, 0.29) is 12.1 Å². The Kier molecular flexibility index (Phi) is 3.81. The Morgan fingerprint density at radius 1 is 1.17 bits per heavy atom. The molecule has 23 heavy (non-hydrogen) atoms. The van der Waals surface area contributed by atoms with Crippen molar-refractivity contribution in [1.29, 1.82) is 0 Å². The fourth-order valence-electron chi connectivity index (χ4n) is 4.04. The van der Waals surface area contributed by atoms with Crippen molar-refractivity contribution in [2.45, 2.75) is 43.8 Å². The van der Waals surface area contributed by atoms with E-state index in [1.54, 1.807) is 0 Å². The van der Waals surface area contributed by atoms with Gasteiger partial charge in [-0.2, -0.15) is 0 Å². The van der Waals surface area contributed by atoms with Crippen LogP contribution in [0.2, 0.25) is 0 Å². The van der Waals surface area contributed by atoms with Crippen molar-refractivity contribution in [2.24, 2.45) is 7.05 Å². The number of aryl methyl sites for hydroxylation is 1. The van der Waals surface area contributed by atoms with E-state index in [1.165, 1.54) is 31.4 Å². The van der Waals surface area contributed by atoms with Crippen LogP contribution in [0.5, 0.6) is 0 Å². The maximum absolute atomic E-state index is 5.73. The van der Waals surface area contributed by atoms with Gasteiger partial charge in [0.1, 0.15) is 0 Å². The molecule has 1 N–H and O–H groups in total. The molecule has 2 aromatic rings. The van der Waals surface area contributed by atoms with Crippen LogP contribution in [0.25, 0.3) is 0 Å². The normalized spacial score (nSPS) is 25.1. The van der Waals surface area contributed by atoms with Crippen LogP contribution in [0, 0.1) is 0 Å². The monoisotopic (exact) mass is 326 g/mol. The van der Waals surface area contributed by atoms with Gasteiger partial charge in [0.25, 0.3) is 0 Å². The highest BCUT2D eigenvalue weighted by atomic mass is 32.1. The second-order valence-electron chi connectivity index (χ2n) is 6.52. The van der Waals surface area contributed by atoms with E-state index in [4.69, 9.17) is 12.2 Å². The first kappa shape index (κ1) is 14.7. The lowest BCUT2D eigenvalue weighted by Gasteiger charge is -2.33. The first-order valence-corrected chi connectivity index (χ1v) is 8.77. The Hall–Kier alpha value is -1.88. The summed E-state index contributed by atoms with van der Waals surface area (Å²) in [7, 11) is 2.11. The molecule has 0 radical (unpaired) electrons. The average molecular weight is 326 g/mol. The SMILES string of the molecule is Cn1cccc1[C@@H]1[C@@H](c2ccccn2)NC(=S)N1C1CCCC1. The molecule has 1 aliphatic carbocycles. The van der Waals surface area contributed by atoms with Gasteiger partial charge in [-0.15, -0.1) is 0 Å². The third-order valence-electron chi connectivity index (χ3n) is 5.14. The second-order valence-corrected chi connectivity index (χ2v) is 6.90. The van der Waals surface area contributed by atoms with Crippen molar-refractivity contribution in [2.75, 3.05) is 0 Å². The maximum atomic E-state index is 5.73. The Labute approximate surface area is 142 Å². The molecule has 2 aliphatic rings. The van der Waals surface area contributed by atoms with Crippen molar-refractivity contribution in [3.05, 3.63) is 54.1 Å². The number of nitrogens with one attached hydrogen (secondary N) is 1. The van der Waals surface area contributed by atoms with Gasteiger partial charge in [-0.05, 0) is 49.3 Å². The van der Waals surface area contributed by atoms with Crippen LogP contribution in [0.1, 0.15) is 49.2 Å². The molecular formula is C18H22N4S. The van der Waals surface area contributed by atoms with Crippen LogP contribution in [0.3, 0.4) is 0 Å². The van der Waals surface area contributed by atoms with Gasteiger partial charge in [0.05, 0.1) is 17.8 Å². The molecule has 2 aromatic heterocycles. The molecule has 4 nitrogen and oxygen atoms in total. The van der Waals surface area contributed by atoms with Gasteiger partial charge >= 0.3 is 0 Å². The minimum Gasteiger partial charge on any atom is -0.353 e. The molecule has 2 fully saturated rings. The van der Waals surface area contributed by atoms with E-state index in [2.05, 4.69) is 51.2 Å². The van der Waals surface area contributed by atoms with Gasteiger partial charge in [-0.1, -0.05) is 18.9 Å². The summed E-state index contributed by atoms with van der Waals surface area (Å²) in [5.74, 6) is 0. The Balaban J connectivity index is 1.77. The summed E-state index contributed by atoms with van der Waals surface area (Å²) in [6.45, 7) is 0. The van der Waals surface area contributed by atoms with Crippen molar-refractivity contribution < 1.29 is 0 Å². The van der Waals surface area contributed by atoms with Crippen LogP contribution in [-0.4, -0.2) is 25.6 Å². The summed E-state index contributed by atoms with van der Waals surface area (Å²) >= 11 is 5.73. The lowest BCUT2D eigenvalue weighted by Crippen LogP contribution is -2.38. The summed E-state index contributed by atoms with van der Waals surface area (Å²) in [6.07, 6.45) is 9.05. The molecule has 2 atom stereocenters. The smallest absolute Gasteiger partial charge is 0.170 e. The third-order valence-corrected chi connectivity index (χ3v) is 5.47. The molecule has 0 unspecified atom stereocenters. The predicted molar refractivity (Wildman–Crippen MR) is 95.0 cm³/mol. The van der Waals surface area contributed by atoms with Crippen LogP contribution < -0.4 is 5.32 Å². The van der Waals surface area contributed by atoms with E-state index < -0.39 is 0 Å². The van der Waals surface area contributed by atoms with Gasteiger partial charge in [-0.3, -0.25) is 4.98 Å². The topological polar surface area (TPSA) is 33.1 Å². The van der Waals surface area contributed by atoms with E-state index in [0.717, 1.165) is 10.8 Å². The number of rotatable bonds is 3. The van der Waals surface area contributed by atoms with Gasteiger partial charge in [0.2, 0.25) is 0 Å². The predicted octanol–water partition coefficient (Wildman–Crippen LogP) is 3.34. The number of pyridine rings is 1. The molecule has 1 saturated carbocycles. The van der Waals surface area contributed by atoms with Gasteiger partial charge in [0.15, 0.2) is 5.11 Å². The highest BCUT2D eigenvalue weighted by Gasteiger charge is 2.44. The number of thiocarbonyl (C=S) groups is 1. The Morgan fingerprint density at radius 3 is 2.65 bits per heavy atom. The summed E-state index contributed by atoms with van der Waals surface area (Å²) < 4.78 is 2.21. The highest BCUT2D eigenvalue weighted by molar-refractivity contribution is 7.80. The number of aromatic nitrogens is 2. The second kappa shape index (κ2) is 5.96. The molecule has 1 saturated heterocycles. The first-order valence-electron chi connectivity index (χ1n) is 8.36. The van der Waals surface area contributed by atoms with E-state index in [1.807, 2.05) is 18.3 Å². The van der Waals surface area contributed by atoms with Crippen molar-refractivity contribution >= 4 is 17.3 Å². The molecule has 3 heterocycles. The summed E-state index contributed by atoms with van der Waals surface area (Å²) in [5.41, 5.74) is 2.35. The fourth-order valence-corrected chi connectivity index (χ4v) is 4.43. The van der Waals surface area contributed by atoms with Crippen LogP contribution in [-0.2, 0) is 7.05 Å². The zero-order valence-electron chi connectivity index (χ0n) is 13.4. The quantitative estimate of drug-likeness (QED) is 0.877. The summed E-state index contributed by atoms with van der Waals surface area (Å²) in [6, 6.07) is 11.3. The van der Waals surface area contributed by atoms with E-state index in [0.29, 0.717) is 6.04 Å². The highest BCUT2D eigenvalue weighted by Crippen LogP contribution is 2.42. The molecule has 0 amide bonds. The van der Waals surface area contributed by atoms with Crippen LogP contribution in [0.15, 0.2) is 42.7 Å². The summed E-state index contributed by atoms with van der Waals surface area (Å²) in [5, 5.41) is 4.42. The van der Waals surface area contributed by atoms with Gasteiger partial charge in [0, 0.05) is 31.2 Å². The van der Waals surface area contributed by atoms with Gasteiger partial charge in [-0.25, -0.2) is 0 Å². The molecule has 0 bridgehead atoms. The average Bonchev–Trinajstić information content (AvgIpc) is 3.28. The van der Waals surface area contributed by atoms with Crippen molar-refractivity contribution in [3.63, 3.8) is 0 Å². The Bertz CT molecular complexity index is 690. The van der Waals surface area contributed by atoms with Crippen LogP contribution in [0.4, 0.5) is 0 Å².